The predicted molar refractivity (Wildman–Crippen MR) is 62.2 cm³/mol. The summed E-state index contributed by atoms with van der Waals surface area (Å²) in [5.74, 6) is -0.738. The zero-order chi connectivity index (χ0) is 14.8. The first kappa shape index (κ1) is 13.8. The fourth-order valence-electron chi connectivity index (χ4n) is 1.33. The molecule has 0 saturated heterocycles. The van der Waals surface area contributed by atoms with Crippen LogP contribution in [0.15, 0.2) is 24.5 Å². The van der Waals surface area contributed by atoms with Crippen LogP contribution in [0, 0.1) is 0 Å². The van der Waals surface area contributed by atoms with Gasteiger partial charge in [-0.1, -0.05) is 0 Å². The minimum atomic E-state index is -4.35. The lowest BCUT2D eigenvalue weighted by atomic mass is 10.4. The number of rotatable bonds is 4. The quantitative estimate of drug-likeness (QED) is 0.863. The number of hydrogen-bond acceptors (Lipinski definition) is 5. The van der Waals surface area contributed by atoms with E-state index in [2.05, 4.69) is 20.5 Å². The topological polar surface area (TPSA) is 98.7 Å². The highest BCUT2D eigenvalue weighted by Gasteiger charge is 2.26. The number of anilines is 1. The second-order valence-corrected chi connectivity index (χ2v) is 3.75. The number of alkyl halides is 3. The summed E-state index contributed by atoms with van der Waals surface area (Å²) in [5.41, 5.74) is 5.32. The van der Waals surface area contributed by atoms with Crippen LogP contribution in [0.1, 0.15) is 10.5 Å². The minimum Gasteiger partial charge on any atom is -0.364 e. The molecular weight excluding hydrogens is 277 g/mol. The first-order chi connectivity index (χ1) is 9.35. The Morgan fingerprint density at radius 2 is 2.20 bits per heavy atom. The van der Waals surface area contributed by atoms with Crippen molar-refractivity contribution in [3.05, 3.63) is 30.2 Å². The highest BCUT2D eigenvalue weighted by Crippen LogP contribution is 2.16. The minimum absolute atomic E-state index is 0.0118. The second-order valence-electron chi connectivity index (χ2n) is 3.75. The van der Waals surface area contributed by atoms with E-state index in [1.807, 2.05) is 0 Å². The Morgan fingerprint density at radius 3 is 2.80 bits per heavy atom. The SMILES string of the molecule is NC(=O)c1cnn(-c2ccnc(NCC(F)(F)F)c2)n1. The molecule has 2 heterocycles. The fourth-order valence-corrected chi connectivity index (χ4v) is 1.33. The molecule has 7 nitrogen and oxygen atoms in total. The van der Waals surface area contributed by atoms with Crippen molar-refractivity contribution in [1.29, 1.82) is 0 Å². The van der Waals surface area contributed by atoms with Crippen LogP contribution in [-0.4, -0.2) is 38.6 Å². The number of halogens is 3. The van der Waals surface area contributed by atoms with E-state index in [9.17, 15) is 18.0 Å². The number of nitrogens with zero attached hydrogens (tertiary/aromatic N) is 4. The van der Waals surface area contributed by atoms with Gasteiger partial charge in [0.1, 0.15) is 12.4 Å². The van der Waals surface area contributed by atoms with E-state index in [-0.39, 0.29) is 11.5 Å². The molecule has 0 aliphatic carbocycles. The molecule has 3 N–H and O–H groups in total. The van der Waals surface area contributed by atoms with Gasteiger partial charge in [-0.2, -0.15) is 23.1 Å². The number of pyridine rings is 1. The van der Waals surface area contributed by atoms with E-state index in [0.29, 0.717) is 5.69 Å². The van der Waals surface area contributed by atoms with E-state index in [1.165, 1.54) is 18.3 Å². The molecule has 0 aliphatic heterocycles. The Kier molecular flexibility index (Phi) is 3.55. The average molecular weight is 286 g/mol. The summed E-state index contributed by atoms with van der Waals surface area (Å²) in [6, 6.07) is 2.79. The van der Waals surface area contributed by atoms with Crippen molar-refractivity contribution >= 4 is 11.7 Å². The van der Waals surface area contributed by atoms with Gasteiger partial charge >= 0.3 is 6.18 Å². The highest BCUT2D eigenvalue weighted by atomic mass is 19.4. The third-order valence-electron chi connectivity index (χ3n) is 2.19. The predicted octanol–water partition coefficient (Wildman–Crippen LogP) is 0.735. The van der Waals surface area contributed by atoms with Crippen molar-refractivity contribution in [2.75, 3.05) is 11.9 Å². The maximum atomic E-state index is 12.1. The Bertz CT molecular complexity index is 623. The van der Waals surface area contributed by atoms with Crippen LogP contribution < -0.4 is 11.1 Å². The zero-order valence-electron chi connectivity index (χ0n) is 9.92. The van der Waals surface area contributed by atoms with Crippen molar-refractivity contribution in [3.8, 4) is 5.69 Å². The number of carbonyl (C=O) groups excluding carboxylic acids is 1. The maximum Gasteiger partial charge on any atom is 0.405 e. The molecule has 1 amide bonds. The van der Waals surface area contributed by atoms with Crippen LogP contribution in [0.25, 0.3) is 5.69 Å². The average Bonchev–Trinajstić information content (AvgIpc) is 2.86. The van der Waals surface area contributed by atoms with E-state index < -0.39 is 18.6 Å². The summed E-state index contributed by atoms with van der Waals surface area (Å²) < 4.78 is 36.3. The van der Waals surface area contributed by atoms with E-state index in [0.717, 1.165) is 11.0 Å². The first-order valence-corrected chi connectivity index (χ1v) is 5.34. The van der Waals surface area contributed by atoms with Crippen molar-refractivity contribution < 1.29 is 18.0 Å². The first-order valence-electron chi connectivity index (χ1n) is 5.34. The largest absolute Gasteiger partial charge is 0.405 e. The number of aromatic nitrogens is 4. The third-order valence-corrected chi connectivity index (χ3v) is 2.19. The summed E-state index contributed by atoms with van der Waals surface area (Å²) in [6.07, 6.45) is -1.90. The van der Waals surface area contributed by atoms with E-state index >= 15 is 0 Å². The normalized spacial score (nSPS) is 11.3. The van der Waals surface area contributed by atoms with Gasteiger partial charge < -0.3 is 11.1 Å². The van der Waals surface area contributed by atoms with Gasteiger partial charge in [-0.3, -0.25) is 4.79 Å². The molecule has 0 spiro atoms. The van der Waals surface area contributed by atoms with Crippen LogP contribution in [0.3, 0.4) is 0 Å². The molecule has 0 fully saturated rings. The van der Waals surface area contributed by atoms with Crippen molar-refractivity contribution in [2.24, 2.45) is 5.73 Å². The molecule has 2 aromatic heterocycles. The molecule has 106 valence electrons. The molecule has 0 radical (unpaired) electrons. The van der Waals surface area contributed by atoms with Crippen LogP contribution in [0.5, 0.6) is 0 Å². The standard InChI is InChI=1S/C10H9F3N6O/c11-10(12,13)5-16-8-3-6(1-2-15-8)19-17-4-7(18-19)9(14)20/h1-4H,5H2,(H2,14,20)(H,15,16). The Morgan fingerprint density at radius 1 is 1.45 bits per heavy atom. The van der Waals surface area contributed by atoms with Gasteiger partial charge in [-0.25, -0.2) is 4.98 Å². The molecule has 0 saturated carbocycles. The molecule has 0 bridgehead atoms. The smallest absolute Gasteiger partial charge is 0.364 e. The van der Waals surface area contributed by atoms with Gasteiger partial charge in [0.2, 0.25) is 0 Å². The summed E-state index contributed by atoms with van der Waals surface area (Å²) >= 11 is 0. The van der Waals surface area contributed by atoms with Crippen LogP contribution in [0.4, 0.5) is 19.0 Å². The van der Waals surface area contributed by atoms with E-state index in [4.69, 9.17) is 5.73 Å². The summed E-state index contributed by atoms with van der Waals surface area (Å²) in [6.45, 7) is -1.21. The molecule has 2 rings (SSSR count). The lowest BCUT2D eigenvalue weighted by Crippen LogP contribution is -2.21. The monoisotopic (exact) mass is 286 g/mol. The fraction of sp³-hybridized carbons (Fsp3) is 0.200. The number of primary amides is 1. The summed E-state index contributed by atoms with van der Waals surface area (Å²) in [4.78, 5) is 15.7. The van der Waals surface area contributed by atoms with Crippen molar-refractivity contribution in [1.82, 2.24) is 20.0 Å². The zero-order valence-corrected chi connectivity index (χ0v) is 9.92. The van der Waals surface area contributed by atoms with Crippen LogP contribution in [-0.2, 0) is 0 Å². The number of amides is 1. The Hall–Kier alpha value is -2.65. The lowest BCUT2D eigenvalue weighted by molar-refractivity contribution is -0.115. The molecule has 0 unspecified atom stereocenters. The third kappa shape index (κ3) is 3.43. The summed E-state index contributed by atoms with van der Waals surface area (Å²) in [5, 5.41) is 9.70. The number of nitrogens with two attached hydrogens (primary N) is 1. The lowest BCUT2D eigenvalue weighted by Gasteiger charge is -2.09. The number of nitrogens with one attached hydrogen (secondary N) is 1. The van der Waals surface area contributed by atoms with E-state index in [1.54, 1.807) is 0 Å². The molecule has 2 aromatic rings. The summed E-state index contributed by atoms with van der Waals surface area (Å²) in [7, 11) is 0. The van der Waals surface area contributed by atoms with Crippen molar-refractivity contribution in [2.45, 2.75) is 6.18 Å². The second kappa shape index (κ2) is 5.15. The molecular formula is C10H9F3N6O. The molecule has 0 aromatic carbocycles. The Balaban J connectivity index is 2.18. The molecule has 20 heavy (non-hydrogen) atoms. The van der Waals surface area contributed by atoms with Gasteiger partial charge in [0.15, 0.2) is 5.69 Å². The number of carbonyl (C=O) groups is 1. The van der Waals surface area contributed by atoms with Crippen molar-refractivity contribution in [3.63, 3.8) is 0 Å². The van der Waals surface area contributed by atoms with Gasteiger partial charge in [0.05, 0.1) is 11.9 Å². The van der Waals surface area contributed by atoms with Crippen LogP contribution >= 0.6 is 0 Å². The van der Waals surface area contributed by atoms with Gasteiger partial charge in [-0.05, 0) is 6.07 Å². The van der Waals surface area contributed by atoms with Gasteiger partial charge in [0.25, 0.3) is 5.91 Å². The molecule has 0 atom stereocenters. The molecule has 0 aliphatic rings. The maximum absolute atomic E-state index is 12.1. The number of hydrogen-bond donors (Lipinski definition) is 2. The van der Waals surface area contributed by atoms with Gasteiger partial charge in [-0.15, -0.1) is 5.10 Å². The highest BCUT2D eigenvalue weighted by molar-refractivity contribution is 5.90. The van der Waals surface area contributed by atoms with Gasteiger partial charge in [0, 0.05) is 12.3 Å². The Labute approximate surface area is 110 Å². The molecule has 10 heteroatoms. The van der Waals surface area contributed by atoms with Crippen LogP contribution in [0.2, 0.25) is 0 Å².